The monoisotopic (exact) mass is 497 g/mol. The van der Waals surface area contributed by atoms with Crippen LogP contribution in [0.1, 0.15) is 54.6 Å². The van der Waals surface area contributed by atoms with Gasteiger partial charge in [0.15, 0.2) is 5.69 Å². The number of carbonyl (C=O) groups excluding carboxylic acids is 3. The highest BCUT2D eigenvalue weighted by Gasteiger charge is 2.20. The summed E-state index contributed by atoms with van der Waals surface area (Å²) in [5, 5.41) is 13.8. The molecule has 0 aliphatic rings. The van der Waals surface area contributed by atoms with Crippen LogP contribution in [-0.4, -0.2) is 61.8 Å². The van der Waals surface area contributed by atoms with Gasteiger partial charge >= 0.3 is 12.1 Å². The second-order valence-electron chi connectivity index (χ2n) is 9.05. The molecular weight excluding hydrogens is 466 g/mol. The molecule has 0 unspecified atom stereocenters. The molecule has 0 aliphatic carbocycles. The van der Waals surface area contributed by atoms with Gasteiger partial charge in [0.2, 0.25) is 0 Å². The highest BCUT2D eigenvalue weighted by Crippen LogP contribution is 2.19. The van der Waals surface area contributed by atoms with E-state index >= 15 is 0 Å². The summed E-state index contributed by atoms with van der Waals surface area (Å²) in [6.07, 6.45) is 6.19. The molecule has 0 saturated heterocycles. The summed E-state index contributed by atoms with van der Waals surface area (Å²) in [4.78, 5) is 40.8. The maximum absolute atomic E-state index is 12.8. The summed E-state index contributed by atoms with van der Waals surface area (Å²) in [7, 11) is 2.88. The number of anilines is 1. The lowest BCUT2D eigenvalue weighted by molar-refractivity contribution is 0.0525. The van der Waals surface area contributed by atoms with Gasteiger partial charge in [-0.25, -0.2) is 14.6 Å². The average molecular weight is 498 g/mol. The molecule has 12 nitrogen and oxygen atoms in total. The van der Waals surface area contributed by atoms with Crippen LogP contribution in [0.25, 0.3) is 11.3 Å². The number of aryl methyl sites for hydroxylation is 2. The molecule has 3 aromatic rings. The number of rotatable bonds is 9. The number of carbonyl (C=O) groups is 3. The van der Waals surface area contributed by atoms with E-state index in [2.05, 4.69) is 25.8 Å². The number of amides is 2. The lowest BCUT2D eigenvalue weighted by atomic mass is 10.2. The maximum atomic E-state index is 12.8. The number of hydrogen-bond acceptors (Lipinski definition) is 8. The fraction of sp³-hybridized carbons (Fsp3) is 0.417. The maximum Gasteiger partial charge on any atom is 0.407 e. The quantitative estimate of drug-likeness (QED) is 0.339. The molecule has 0 saturated carbocycles. The molecule has 3 aromatic heterocycles. The van der Waals surface area contributed by atoms with E-state index in [0.717, 1.165) is 18.4 Å². The van der Waals surface area contributed by atoms with Gasteiger partial charge in [0, 0.05) is 38.1 Å². The number of esters is 1. The number of hydrogen-bond donors (Lipinski definition) is 2. The Hall–Kier alpha value is -4.22. The molecule has 12 heteroatoms. The lowest BCUT2D eigenvalue weighted by Crippen LogP contribution is -2.33. The highest BCUT2D eigenvalue weighted by atomic mass is 16.6. The Morgan fingerprint density at radius 1 is 1.11 bits per heavy atom. The van der Waals surface area contributed by atoms with E-state index in [1.165, 1.54) is 18.0 Å². The summed E-state index contributed by atoms with van der Waals surface area (Å²) in [5.41, 5.74) is 1.23. The van der Waals surface area contributed by atoms with Gasteiger partial charge in [-0.1, -0.05) is 6.07 Å². The molecule has 0 radical (unpaired) electrons. The van der Waals surface area contributed by atoms with E-state index in [1.807, 2.05) is 27.0 Å². The van der Waals surface area contributed by atoms with Crippen LogP contribution in [0.4, 0.5) is 10.5 Å². The number of alkyl carbamates (subject to hydrolysis) is 1. The van der Waals surface area contributed by atoms with Crippen molar-refractivity contribution in [1.29, 1.82) is 0 Å². The largest absolute Gasteiger partial charge is 0.464 e. The van der Waals surface area contributed by atoms with Crippen molar-refractivity contribution in [2.24, 2.45) is 7.05 Å². The normalized spacial score (nSPS) is 11.1. The summed E-state index contributed by atoms with van der Waals surface area (Å²) in [6.45, 7) is 6.63. The topological polar surface area (TPSA) is 142 Å². The zero-order chi connectivity index (χ0) is 26.3. The Morgan fingerprint density at radius 3 is 2.61 bits per heavy atom. The second-order valence-corrected chi connectivity index (χ2v) is 9.05. The van der Waals surface area contributed by atoms with Crippen molar-refractivity contribution in [2.75, 3.05) is 19.0 Å². The van der Waals surface area contributed by atoms with Crippen LogP contribution >= 0.6 is 0 Å². The van der Waals surface area contributed by atoms with E-state index < -0.39 is 23.6 Å². The summed E-state index contributed by atoms with van der Waals surface area (Å²) in [5.74, 6) is -1.14. The first-order valence-corrected chi connectivity index (χ1v) is 11.5. The number of methoxy groups -OCH3 is 1. The van der Waals surface area contributed by atoms with Crippen molar-refractivity contribution in [3.63, 3.8) is 0 Å². The smallest absolute Gasteiger partial charge is 0.407 e. The Morgan fingerprint density at radius 2 is 1.89 bits per heavy atom. The highest BCUT2D eigenvalue weighted by molar-refractivity contribution is 6.06. The van der Waals surface area contributed by atoms with Crippen LogP contribution in [0.3, 0.4) is 0 Å². The molecule has 36 heavy (non-hydrogen) atoms. The molecule has 0 spiro atoms. The summed E-state index contributed by atoms with van der Waals surface area (Å²) < 4.78 is 13.1. The van der Waals surface area contributed by atoms with Gasteiger partial charge in [-0.3, -0.25) is 14.2 Å². The van der Waals surface area contributed by atoms with Crippen LogP contribution in [-0.2, 0) is 23.1 Å². The molecule has 0 bridgehead atoms. The van der Waals surface area contributed by atoms with Gasteiger partial charge in [-0.2, -0.15) is 10.2 Å². The summed E-state index contributed by atoms with van der Waals surface area (Å²) in [6, 6.07) is 5.09. The van der Waals surface area contributed by atoms with Gasteiger partial charge in [0.05, 0.1) is 24.7 Å². The first-order chi connectivity index (χ1) is 17.1. The number of nitrogens with one attached hydrogen (secondary N) is 2. The SMILES string of the molecule is COC(=O)c1nn(C)cc1NC(=O)c1cccc(-c2cnn(CCCCNC(=O)OC(C)(C)C)c2)n1. The van der Waals surface area contributed by atoms with Crippen molar-refractivity contribution >= 4 is 23.7 Å². The molecule has 0 aliphatic heterocycles. The van der Waals surface area contributed by atoms with Gasteiger partial charge in [0.25, 0.3) is 5.91 Å². The number of unbranched alkanes of at least 4 members (excludes halogenated alkanes) is 1. The third-order valence-corrected chi connectivity index (χ3v) is 4.85. The fourth-order valence-electron chi connectivity index (χ4n) is 3.26. The van der Waals surface area contributed by atoms with E-state index in [4.69, 9.17) is 9.47 Å². The van der Waals surface area contributed by atoms with Crippen LogP contribution in [0.2, 0.25) is 0 Å². The third kappa shape index (κ3) is 7.39. The fourth-order valence-corrected chi connectivity index (χ4v) is 3.26. The minimum absolute atomic E-state index is 0.00655. The first-order valence-electron chi connectivity index (χ1n) is 11.5. The minimum Gasteiger partial charge on any atom is -0.464 e. The van der Waals surface area contributed by atoms with Gasteiger partial charge in [-0.15, -0.1) is 0 Å². The molecule has 2 N–H and O–H groups in total. The third-order valence-electron chi connectivity index (χ3n) is 4.85. The number of nitrogens with zero attached hydrogens (tertiary/aromatic N) is 5. The minimum atomic E-state index is -0.652. The Kier molecular flexibility index (Phi) is 8.41. The van der Waals surface area contributed by atoms with E-state index in [1.54, 1.807) is 36.1 Å². The van der Waals surface area contributed by atoms with Gasteiger partial charge in [0.1, 0.15) is 11.3 Å². The van der Waals surface area contributed by atoms with Crippen LogP contribution in [0.15, 0.2) is 36.8 Å². The number of aromatic nitrogens is 5. The molecule has 3 rings (SSSR count). The summed E-state index contributed by atoms with van der Waals surface area (Å²) >= 11 is 0. The van der Waals surface area contributed by atoms with Crippen LogP contribution in [0, 0.1) is 0 Å². The standard InChI is InChI=1S/C24H31N7O5/c1-24(2,3)36-23(34)25-11-6-7-12-31-14-16(13-26-31)17-9-8-10-18(27-17)21(32)28-19-15-30(4)29-20(19)22(33)35-5/h8-10,13-15H,6-7,11-12H2,1-5H3,(H,25,34)(H,28,32). The first kappa shape index (κ1) is 26.4. The Labute approximate surface area is 209 Å². The van der Waals surface area contributed by atoms with Crippen molar-refractivity contribution in [3.8, 4) is 11.3 Å². The molecule has 0 atom stereocenters. The van der Waals surface area contributed by atoms with Crippen LogP contribution in [0.5, 0.6) is 0 Å². The molecule has 0 fully saturated rings. The van der Waals surface area contributed by atoms with E-state index in [9.17, 15) is 14.4 Å². The number of pyridine rings is 1. The van der Waals surface area contributed by atoms with Gasteiger partial charge in [-0.05, 0) is 45.7 Å². The molecule has 192 valence electrons. The average Bonchev–Trinajstić information content (AvgIpc) is 3.43. The Bertz CT molecular complexity index is 1230. The molecule has 0 aromatic carbocycles. The predicted octanol–water partition coefficient (Wildman–Crippen LogP) is 3.02. The Balaban J connectivity index is 1.56. The molecule has 3 heterocycles. The van der Waals surface area contributed by atoms with Crippen molar-refractivity contribution in [2.45, 2.75) is 45.8 Å². The zero-order valence-corrected chi connectivity index (χ0v) is 21.1. The second kappa shape index (κ2) is 11.5. The van der Waals surface area contributed by atoms with E-state index in [0.29, 0.717) is 18.8 Å². The van der Waals surface area contributed by atoms with Gasteiger partial charge < -0.3 is 20.1 Å². The van der Waals surface area contributed by atoms with E-state index in [-0.39, 0.29) is 17.1 Å². The van der Waals surface area contributed by atoms with Crippen molar-refractivity contribution in [3.05, 3.63) is 48.2 Å². The molecular formula is C24H31N7O5. The van der Waals surface area contributed by atoms with Crippen molar-refractivity contribution in [1.82, 2.24) is 29.9 Å². The zero-order valence-electron chi connectivity index (χ0n) is 21.1. The van der Waals surface area contributed by atoms with Crippen molar-refractivity contribution < 1.29 is 23.9 Å². The number of ether oxygens (including phenoxy) is 2. The lowest BCUT2D eigenvalue weighted by Gasteiger charge is -2.19. The predicted molar refractivity (Wildman–Crippen MR) is 131 cm³/mol. The van der Waals surface area contributed by atoms with Crippen LogP contribution < -0.4 is 10.6 Å². The molecule has 2 amide bonds.